The molecule has 5 nitrogen and oxygen atoms in total. The largest absolute Gasteiger partial charge is 0.374 e. The van der Waals surface area contributed by atoms with Gasteiger partial charge in [0.15, 0.2) is 4.34 Å². The van der Waals surface area contributed by atoms with E-state index >= 15 is 0 Å². The number of amides is 1. The number of hydrogen-bond donors (Lipinski definition) is 1. The zero-order valence-electron chi connectivity index (χ0n) is 8.93. The van der Waals surface area contributed by atoms with Crippen LogP contribution in [0.5, 0.6) is 0 Å². The zero-order valence-corrected chi connectivity index (χ0v) is 10.6. The molecule has 0 unspecified atom stereocenters. The fourth-order valence-corrected chi connectivity index (χ4v) is 2.35. The molecule has 7 heteroatoms. The first-order valence-corrected chi connectivity index (χ1v) is 6.28. The average molecular weight is 246 g/mol. The molecule has 1 aromatic rings. The molecular formula is C8H14N4OS2. The molecule has 1 rings (SSSR count). The first-order chi connectivity index (χ1) is 7.00. The molecule has 0 spiro atoms. The average Bonchev–Trinajstić information content (AvgIpc) is 2.59. The van der Waals surface area contributed by atoms with Crippen LogP contribution < -0.4 is 5.73 Å². The van der Waals surface area contributed by atoms with Crippen LogP contribution >= 0.6 is 23.1 Å². The van der Waals surface area contributed by atoms with Gasteiger partial charge in [0.05, 0.1) is 5.75 Å². The molecule has 84 valence electrons. The Morgan fingerprint density at radius 1 is 1.60 bits per heavy atom. The van der Waals surface area contributed by atoms with Crippen LogP contribution in [0.25, 0.3) is 0 Å². The highest BCUT2D eigenvalue weighted by molar-refractivity contribution is 8.01. The molecule has 0 aromatic carbocycles. The van der Waals surface area contributed by atoms with Crippen molar-refractivity contribution in [2.24, 2.45) is 0 Å². The molecule has 0 aliphatic rings. The van der Waals surface area contributed by atoms with Crippen molar-refractivity contribution in [2.45, 2.75) is 24.2 Å². The summed E-state index contributed by atoms with van der Waals surface area (Å²) in [5.74, 6) is 0.465. The minimum Gasteiger partial charge on any atom is -0.374 e. The maximum absolute atomic E-state index is 11.6. The predicted octanol–water partition coefficient (Wildman–Crippen LogP) is 1.08. The Morgan fingerprint density at radius 3 is 2.73 bits per heavy atom. The molecule has 2 N–H and O–H groups in total. The summed E-state index contributed by atoms with van der Waals surface area (Å²) in [5, 5.41) is 7.94. The van der Waals surface area contributed by atoms with Gasteiger partial charge in [0.1, 0.15) is 0 Å². The highest BCUT2D eigenvalue weighted by Crippen LogP contribution is 2.23. The number of aromatic nitrogens is 2. The quantitative estimate of drug-likeness (QED) is 0.805. The summed E-state index contributed by atoms with van der Waals surface area (Å²) in [6.45, 7) is 3.96. The Kier molecular flexibility index (Phi) is 4.34. The van der Waals surface area contributed by atoms with Gasteiger partial charge in [0.2, 0.25) is 11.0 Å². The van der Waals surface area contributed by atoms with Crippen molar-refractivity contribution < 1.29 is 4.79 Å². The van der Waals surface area contributed by atoms with Gasteiger partial charge >= 0.3 is 0 Å². The molecule has 15 heavy (non-hydrogen) atoms. The Labute approximate surface area is 97.1 Å². The lowest BCUT2D eigenvalue weighted by molar-refractivity contribution is -0.128. The summed E-state index contributed by atoms with van der Waals surface area (Å²) < 4.78 is 0.734. The maximum atomic E-state index is 11.6. The number of nitrogen functional groups attached to an aromatic ring is 1. The standard InChI is InChI=1S/C8H14N4OS2/c1-5(2)12(3)6(13)4-14-8-11-10-7(9)15-8/h5H,4H2,1-3H3,(H2,9,10). The van der Waals surface area contributed by atoms with Crippen LogP contribution in [0.2, 0.25) is 0 Å². The smallest absolute Gasteiger partial charge is 0.232 e. The van der Waals surface area contributed by atoms with E-state index in [0.717, 1.165) is 4.34 Å². The topological polar surface area (TPSA) is 72.1 Å². The maximum Gasteiger partial charge on any atom is 0.232 e. The van der Waals surface area contributed by atoms with E-state index < -0.39 is 0 Å². The van der Waals surface area contributed by atoms with Crippen LogP contribution in [0, 0.1) is 0 Å². The van der Waals surface area contributed by atoms with E-state index in [9.17, 15) is 4.79 Å². The lowest BCUT2D eigenvalue weighted by Crippen LogP contribution is -2.34. The SMILES string of the molecule is CC(C)N(C)C(=O)CSc1nnc(N)s1. The Hall–Kier alpha value is -0.820. The number of nitrogens with two attached hydrogens (primary N) is 1. The van der Waals surface area contributed by atoms with Gasteiger partial charge in [0.25, 0.3) is 0 Å². The molecule has 0 bridgehead atoms. The number of hydrogen-bond acceptors (Lipinski definition) is 6. The zero-order chi connectivity index (χ0) is 11.4. The van der Waals surface area contributed by atoms with Gasteiger partial charge in [0, 0.05) is 13.1 Å². The van der Waals surface area contributed by atoms with Gasteiger partial charge in [-0.25, -0.2) is 0 Å². The van der Waals surface area contributed by atoms with Gasteiger partial charge < -0.3 is 10.6 Å². The lowest BCUT2D eigenvalue weighted by atomic mass is 10.3. The van der Waals surface area contributed by atoms with Crippen molar-refractivity contribution in [3.8, 4) is 0 Å². The summed E-state index contributed by atoms with van der Waals surface area (Å²) >= 11 is 2.67. The van der Waals surface area contributed by atoms with Crippen LogP contribution in [-0.2, 0) is 4.79 Å². The first kappa shape index (κ1) is 12.3. The minimum atomic E-state index is 0.0868. The fourth-order valence-electron chi connectivity index (χ4n) is 0.792. The van der Waals surface area contributed by atoms with Gasteiger partial charge in [-0.05, 0) is 13.8 Å². The summed E-state index contributed by atoms with van der Waals surface area (Å²) in [5.41, 5.74) is 5.43. The molecule has 0 saturated heterocycles. The summed E-state index contributed by atoms with van der Waals surface area (Å²) in [6, 6.07) is 0.220. The molecule has 0 aliphatic heterocycles. The van der Waals surface area contributed by atoms with Crippen molar-refractivity contribution in [3.05, 3.63) is 0 Å². The molecule has 1 aromatic heterocycles. The number of rotatable bonds is 4. The molecule has 0 saturated carbocycles. The second-order valence-electron chi connectivity index (χ2n) is 3.29. The molecule has 0 fully saturated rings. The van der Waals surface area contributed by atoms with E-state index in [1.165, 1.54) is 23.1 Å². The van der Waals surface area contributed by atoms with Crippen molar-refractivity contribution >= 4 is 34.1 Å². The van der Waals surface area contributed by atoms with Crippen LogP contribution in [0.1, 0.15) is 13.8 Å². The van der Waals surface area contributed by atoms with E-state index in [2.05, 4.69) is 10.2 Å². The van der Waals surface area contributed by atoms with Crippen LogP contribution in [0.3, 0.4) is 0 Å². The summed E-state index contributed by atoms with van der Waals surface area (Å²) in [6.07, 6.45) is 0. The Balaban J connectivity index is 2.40. The highest BCUT2D eigenvalue weighted by Gasteiger charge is 2.13. The number of carbonyl (C=O) groups is 1. The van der Waals surface area contributed by atoms with E-state index in [4.69, 9.17) is 5.73 Å². The summed E-state index contributed by atoms with van der Waals surface area (Å²) in [4.78, 5) is 13.3. The first-order valence-electron chi connectivity index (χ1n) is 4.48. The molecular weight excluding hydrogens is 232 g/mol. The van der Waals surface area contributed by atoms with Gasteiger partial charge in [-0.1, -0.05) is 23.1 Å². The second-order valence-corrected chi connectivity index (χ2v) is 5.52. The number of carbonyl (C=O) groups excluding carboxylic acids is 1. The van der Waals surface area contributed by atoms with E-state index in [-0.39, 0.29) is 11.9 Å². The molecule has 0 atom stereocenters. The highest BCUT2D eigenvalue weighted by atomic mass is 32.2. The second kappa shape index (κ2) is 5.32. The molecule has 0 radical (unpaired) electrons. The predicted molar refractivity (Wildman–Crippen MR) is 63.0 cm³/mol. The van der Waals surface area contributed by atoms with Crippen LogP contribution in [0.4, 0.5) is 5.13 Å². The number of thioether (sulfide) groups is 1. The van der Waals surface area contributed by atoms with E-state index in [1.54, 1.807) is 11.9 Å². The third-order valence-electron chi connectivity index (χ3n) is 1.91. The Bertz CT molecular complexity index is 339. The minimum absolute atomic E-state index is 0.0868. The molecule has 0 aliphatic carbocycles. The van der Waals surface area contributed by atoms with Gasteiger partial charge in [-0.15, -0.1) is 10.2 Å². The number of anilines is 1. The normalized spacial score (nSPS) is 10.7. The third kappa shape index (κ3) is 3.67. The van der Waals surface area contributed by atoms with Crippen molar-refractivity contribution in [2.75, 3.05) is 18.5 Å². The monoisotopic (exact) mass is 246 g/mol. The molecule has 1 amide bonds. The lowest BCUT2D eigenvalue weighted by Gasteiger charge is -2.20. The molecule has 1 heterocycles. The van der Waals surface area contributed by atoms with E-state index in [0.29, 0.717) is 10.9 Å². The summed E-state index contributed by atoms with van der Waals surface area (Å²) in [7, 11) is 1.79. The third-order valence-corrected chi connectivity index (χ3v) is 3.78. The fraction of sp³-hybridized carbons (Fsp3) is 0.625. The van der Waals surface area contributed by atoms with Gasteiger partial charge in [-0.2, -0.15) is 0 Å². The van der Waals surface area contributed by atoms with Crippen molar-refractivity contribution in [1.29, 1.82) is 0 Å². The van der Waals surface area contributed by atoms with E-state index in [1.807, 2.05) is 13.8 Å². The van der Waals surface area contributed by atoms with Crippen LogP contribution in [0.15, 0.2) is 4.34 Å². The van der Waals surface area contributed by atoms with Crippen molar-refractivity contribution in [3.63, 3.8) is 0 Å². The van der Waals surface area contributed by atoms with Crippen LogP contribution in [-0.4, -0.2) is 39.8 Å². The number of nitrogens with zero attached hydrogens (tertiary/aromatic N) is 3. The Morgan fingerprint density at radius 2 is 2.27 bits per heavy atom. The van der Waals surface area contributed by atoms with Gasteiger partial charge in [-0.3, -0.25) is 4.79 Å². The van der Waals surface area contributed by atoms with Crippen molar-refractivity contribution in [1.82, 2.24) is 15.1 Å².